The molecule has 144 valence electrons. The molecule has 4 rings (SSSR count). The van der Waals surface area contributed by atoms with Gasteiger partial charge in [0.2, 0.25) is 5.91 Å². The molecule has 2 aromatic rings. The molecule has 1 aromatic carbocycles. The molecule has 2 fully saturated rings. The minimum Gasteiger partial charge on any atom is -0.340 e. The van der Waals surface area contributed by atoms with Crippen LogP contribution in [0.3, 0.4) is 0 Å². The zero-order chi connectivity index (χ0) is 18.9. The van der Waals surface area contributed by atoms with Gasteiger partial charge in [0.15, 0.2) is 9.84 Å². The SMILES string of the molecule is O=C(Cc1csc(-c2ccccc2)n1)N1CCN([C@@H]2CCS(=O)(=O)C2)CC1. The van der Waals surface area contributed by atoms with Crippen LogP contribution in [0.15, 0.2) is 35.7 Å². The lowest BCUT2D eigenvalue weighted by Crippen LogP contribution is -2.52. The quantitative estimate of drug-likeness (QED) is 0.774. The van der Waals surface area contributed by atoms with Gasteiger partial charge in [-0.2, -0.15) is 0 Å². The van der Waals surface area contributed by atoms with Crippen molar-refractivity contribution in [1.82, 2.24) is 14.8 Å². The second-order valence-corrected chi connectivity index (χ2v) is 10.2. The average Bonchev–Trinajstić information content (AvgIpc) is 3.29. The third-order valence-corrected chi connectivity index (χ3v) is 7.99. The molecular formula is C19H23N3O3S2. The van der Waals surface area contributed by atoms with E-state index in [-0.39, 0.29) is 17.7 Å². The van der Waals surface area contributed by atoms with Gasteiger partial charge in [0, 0.05) is 43.2 Å². The number of hydrogen-bond acceptors (Lipinski definition) is 6. The number of rotatable bonds is 4. The number of aromatic nitrogens is 1. The van der Waals surface area contributed by atoms with E-state index in [1.54, 1.807) is 11.3 Å². The predicted molar refractivity (Wildman–Crippen MR) is 106 cm³/mol. The van der Waals surface area contributed by atoms with E-state index in [1.807, 2.05) is 40.6 Å². The number of benzene rings is 1. The minimum absolute atomic E-state index is 0.0959. The standard InChI is InChI=1S/C19H23N3O3S2/c23-18(12-16-13-26-19(20-16)15-4-2-1-3-5-15)22-9-7-21(8-10-22)17-6-11-27(24,25)14-17/h1-5,13,17H,6-12,14H2/t17-/m1/s1. The van der Waals surface area contributed by atoms with Gasteiger partial charge < -0.3 is 4.90 Å². The minimum atomic E-state index is -2.87. The fraction of sp³-hybridized carbons (Fsp3) is 0.474. The van der Waals surface area contributed by atoms with E-state index >= 15 is 0 Å². The number of hydrogen-bond donors (Lipinski definition) is 0. The molecule has 0 spiro atoms. The van der Waals surface area contributed by atoms with Crippen LogP contribution in [0.25, 0.3) is 10.6 Å². The molecule has 0 bridgehead atoms. The number of carbonyl (C=O) groups excluding carboxylic acids is 1. The molecule has 6 nitrogen and oxygen atoms in total. The zero-order valence-corrected chi connectivity index (χ0v) is 16.7. The highest BCUT2D eigenvalue weighted by molar-refractivity contribution is 7.91. The van der Waals surface area contributed by atoms with Crippen molar-refractivity contribution in [3.05, 3.63) is 41.4 Å². The van der Waals surface area contributed by atoms with Crippen LogP contribution in [0.5, 0.6) is 0 Å². The first-order chi connectivity index (χ1) is 13.0. The van der Waals surface area contributed by atoms with Gasteiger partial charge in [-0.15, -0.1) is 11.3 Å². The van der Waals surface area contributed by atoms with Crippen molar-refractivity contribution in [2.75, 3.05) is 37.7 Å². The van der Waals surface area contributed by atoms with Gasteiger partial charge >= 0.3 is 0 Å². The van der Waals surface area contributed by atoms with Gasteiger partial charge in [-0.25, -0.2) is 13.4 Å². The van der Waals surface area contributed by atoms with Crippen molar-refractivity contribution >= 4 is 27.1 Å². The van der Waals surface area contributed by atoms with Crippen LogP contribution in [0, 0.1) is 0 Å². The van der Waals surface area contributed by atoms with Gasteiger partial charge in [0.25, 0.3) is 0 Å². The molecule has 0 radical (unpaired) electrons. The fourth-order valence-corrected chi connectivity index (χ4v) is 6.36. The highest BCUT2D eigenvalue weighted by atomic mass is 32.2. The number of thiazole rings is 1. The molecule has 2 aliphatic heterocycles. The lowest BCUT2D eigenvalue weighted by atomic mass is 10.2. The summed E-state index contributed by atoms with van der Waals surface area (Å²) in [4.78, 5) is 21.3. The lowest BCUT2D eigenvalue weighted by Gasteiger charge is -2.37. The van der Waals surface area contributed by atoms with Crippen LogP contribution >= 0.6 is 11.3 Å². The lowest BCUT2D eigenvalue weighted by molar-refractivity contribution is -0.132. The molecule has 2 aliphatic rings. The van der Waals surface area contributed by atoms with Crippen LogP contribution < -0.4 is 0 Å². The largest absolute Gasteiger partial charge is 0.340 e. The van der Waals surface area contributed by atoms with E-state index in [2.05, 4.69) is 9.88 Å². The zero-order valence-electron chi connectivity index (χ0n) is 15.1. The maximum Gasteiger partial charge on any atom is 0.228 e. The summed E-state index contributed by atoms with van der Waals surface area (Å²) in [6.45, 7) is 2.81. The normalized spacial score (nSPS) is 22.8. The Labute approximate surface area is 163 Å². The highest BCUT2D eigenvalue weighted by Gasteiger charge is 2.34. The van der Waals surface area contributed by atoms with Crippen LogP contribution in [0.2, 0.25) is 0 Å². The molecular weight excluding hydrogens is 382 g/mol. The number of nitrogens with zero attached hydrogens (tertiary/aromatic N) is 3. The first kappa shape index (κ1) is 18.6. The van der Waals surface area contributed by atoms with Gasteiger partial charge in [0.1, 0.15) is 5.01 Å². The van der Waals surface area contributed by atoms with Crippen LogP contribution in [0.4, 0.5) is 0 Å². The Balaban J connectivity index is 1.31. The summed E-state index contributed by atoms with van der Waals surface area (Å²) in [5.41, 5.74) is 1.88. The van der Waals surface area contributed by atoms with Gasteiger partial charge in [-0.05, 0) is 6.42 Å². The average molecular weight is 406 g/mol. The van der Waals surface area contributed by atoms with Crippen LogP contribution in [-0.2, 0) is 21.1 Å². The summed E-state index contributed by atoms with van der Waals surface area (Å²) in [7, 11) is -2.87. The van der Waals surface area contributed by atoms with E-state index in [1.165, 1.54) is 0 Å². The van der Waals surface area contributed by atoms with E-state index < -0.39 is 9.84 Å². The number of piperazine rings is 1. The van der Waals surface area contributed by atoms with Gasteiger partial charge in [-0.3, -0.25) is 9.69 Å². The number of carbonyl (C=O) groups is 1. The van der Waals surface area contributed by atoms with Crippen molar-refractivity contribution in [1.29, 1.82) is 0 Å². The van der Waals surface area contributed by atoms with Crippen molar-refractivity contribution in [3.8, 4) is 10.6 Å². The number of amides is 1. The Bertz CT molecular complexity index is 903. The summed E-state index contributed by atoms with van der Waals surface area (Å²) in [5.74, 6) is 0.658. The molecule has 3 heterocycles. The molecule has 8 heteroatoms. The third-order valence-electron chi connectivity index (χ3n) is 5.30. The Morgan fingerprint density at radius 2 is 1.89 bits per heavy atom. The molecule has 0 aliphatic carbocycles. The van der Waals surface area contributed by atoms with Crippen molar-refractivity contribution in [2.45, 2.75) is 18.9 Å². The molecule has 1 amide bonds. The van der Waals surface area contributed by atoms with Gasteiger partial charge in [-0.1, -0.05) is 30.3 Å². The molecule has 2 saturated heterocycles. The van der Waals surface area contributed by atoms with E-state index in [0.29, 0.717) is 25.3 Å². The molecule has 1 aromatic heterocycles. The molecule has 0 unspecified atom stereocenters. The van der Waals surface area contributed by atoms with Gasteiger partial charge in [0.05, 0.1) is 23.6 Å². The molecule has 0 saturated carbocycles. The Kier molecular flexibility index (Phi) is 5.29. The second-order valence-electron chi connectivity index (χ2n) is 7.16. The van der Waals surface area contributed by atoms with E-state index in [0.717, 1.165) is 35.8 Å². The smallest absolute Gasteiger partial charge is 0.228 e. The summed E-state index contributed by atoms with van der Waals surface area (Å²) >= 11 is 1.56. The van der Waals surface area contributed by atoms with Crippen molar-refractivity contribution in [2.24, 2.45) is 0 Å². The van der Waals surface area contributed by atoms with Crippen molar-refractivity contribution < 1.29 is 13.2 Å². The first-order valence-electron chi connectivity index (χ1n) is 9.22. The van der Waals surface area contributed by atoms with Crippen LogP contribution in [-0.4, -0.2) is 72.8 Å². The second kappa shape index (κ2) is 7.69. The summed E-state index contributed by atoms with van der Waals surface area (Å²) in [5, 5.41) is 2.89. The summed E-state index contributed by atoms with van der Waals surface area (Å²) < 4.78 is 23.3. The fourth-order valence-electron chi connectivity index (χ4n) is 3.77. The predicted octanol–water partition coefficient (Wildman–Crippen LogP) is 1.68. The first-order valence-corrected chi connectivity index (χ1v) is 11.9. The van der Waals surface area contributed by atoms with E-state index in [9.17, 15) is 13.2 Å². The maximum absolute atomic E-state index is 12.6. The Hall–Kier alpha value is -1.77. The molecule has 1 atom stereocenters. The summed E-state index contributed by atoms with van der Waals surface area (Å²) in [6, 6.07) is 10.1. The van der Waals surface area contributed by atoms with E-state index in [4.69, 9.17) is 0 Å². The highest BCUT2D eigenvalue weighted by Crippen LogP contribution is 2.24. The topological polar surface area (TPSA) is 70.6 Å². The maximum atomic E-state index is 12.6. The third kappa shape index (κ3) is 4.39. The molecule has 0 N–H and O–H groups in total. The van der Waals surface area contributed by atoms with Crippen LogP contribution in [0.1, 0.15) is 12.1 Å². The Morgan fingerprint density at radius 3 is 2.56 bits per heavy atom. The number of sulfone groups is 1. The van der Waals surface area contributed by atoms with Crippen molar-refractivity contribution in [3.63, 3.8) is 0 Å². The molecule has 27 heavy (non-hydrogen) atoms. The monoisotopic (exact) mass is 405 g/mol. The summed E-state index contributed by atoms with van der Waals surface area (Å²) in [6.07, 6.45) is 1.04. The Morgan fingerprint density at radius 1 is 1.15 bits per heavy atom.